The third-order valence-corrected chi connectivity index (χ3v) is 4.52. The van der Waals surface area contributed by atoms with Crippen molar-refractivity contribution in [3.63, 3.8) is 0 Å². The molecule has 2 aliphatic rings. The molecule has 1 aromatic rings. The predicted octanol–water partition coefficient (Wildman–Crippen LogP) is 3.47. The highest BCUT2D eigenvalue weighted by atomic mass is 16.7. The van der Waals surface area contributed by atoms with Gasteiger partial charge in [-0.2, -0.15) is 0 Å². The summed E-state index contributed by atoms with van der Waals surface area (Å²) in [6.07, 6.45) is 7.85. The second kappa shape index (κ2) is 8.27. The molecule has 1 saturated heterocycles. The molecule has 0 radical (unpaired) electrons. The molecule has 4 nitrogen and oxygen atoms in total. The SMILES string of the molecule is O=C(OCc1ccccc1)C1CCC(C=CC2OCCO2)CC1. The Bertz CT molecular complexity index is 511. The molecule has 1 aliphatic carbocycles. The van der Waals surface area contributed by atoms with Crippen LogP contribution in [0.3, 0.4) is 0 Å². The van der Waals surface area contributed by atoms with Gasteiger partial charge in [0.2, 0.25) is 0 Å². The van der Waals surface area contributed by atoms with Crippen LogP contribution in [0.2, 0.25) is 0 Å². The topological polar surface area (TPSA) is 44.8 Å². The number of hydrogen-bond donors (Lipinski definition) is 0. The van der Waals surface area contributed by atoms with Crippen LogP contribution in [0.15, 0.2) is 42.5 Å². The molecule has 0 bridgehead atoms. The van der Waals surface area contributed by atoms with E-state index in [1.165, 1.54) is 0 Å². The highest BCUT2D eigenvalue weighted by Gasteiger charge is 2.26. The maximum atomic E-state index is 12.2. The zero-order valence-corrected chi connectivity index (χ0v) is 13.4. The highest BCUT2D eigenvalue weighted by molar-refractivity contribution is 5.72. The summed E-state index contributed by atoms with van der Waals surface area (Å²) in [7, 11) is 0. The molecule has 3 rings (SSSR count). The Morgan fingerprint density at radius 1 is 1.04 bits per heavy atom. The number of hydrogen-bond acceptors (Lipinski definition) is 4. The third kappa shape index (κ3) is 4.91. The fourth-order valence-corrected chi connectivity index (χ4v) is 3.13. The Morgan fingerprint density at radius 2 is 1.74 bits per heavy atom. The molecule has 2 fully saturated rings. The van der Waals surface area contributed by atoms with Crippen molar-refractivity contribution in [1.82, 2.24) is 0 Å². The van der Waals surface area contributed by atoms with E-state index in [9.17, 15) is 4.79 Å². The molecule has 0 amide bonds. The molecule has 0 atom stereocenters. The van der Waals surface area contributed by atoms with Crippen LogP contribution < -0.4 is 0 Å². The summed E-state index contributed by atoms with van der Waals surface area (Å²) in [5.41, 5.74) is 1.04. The van der Waals surface area contributed by atoms with Gasteiger partial charge in [0.05, 0.1) is 19.1 Å². The summed E-state index contributed by atoms with van der Waals surface area (Å²) in [6, 6.07) is 9.82. The number of carbonyl (C=O) groups excluding carboxylic acids is 1. The quantitative estimate of drug-likeness (QED) is 0.616. The Kier molecular flexibility index (Phi) is 5.83. The van der Waals surface area contributed by atoms with E-state index in [0.29, 0.717) is 25.7 Å². The van der Waals surface area contributed by atoms with Crippen molar-refractivity contribution >= 4 is 5.97 Å². The lowest BCUT2D eigenvalue weighted by molar-refractivity contribution is -0.151. The van der Waals surface area contributed by atoms with E-state index in [-0.39, 0.29) is 18.2 Å². The highest BCUT2D eigenvalue weighted by Crippen LogP contribution is 2.31. The van der Waals surface area contributed by atoms with Crippen molar-refractivity contribution < 1.29 is 19.0 Å². The van der Waals surface area contributed by atoms with Gasteiger partial charge in [-0.25, -0.2) is 0 Å². The van der Waals surface area contributed by atoms with Crippen LogP contribution in [0.1, 0.15) is 31.2 Å². The standard InChI is InChI=1S/C19H24O4/c20-19(23-14-16-4-2-1-3-5-16)17-9-6-15(7-10-17)8-11-18-21-12-13-22-18/h1-5,8,11,15,17-18H,6-7,9-10,12-14H2. The number of allylic oxidation sites excluding steroid dienone is 1. The van der Waals surface area contributed by atoms with Gasteiger partial charge >= 0.3 is 5.97 Å². The molecule has 23 heavy (non-hydrogen) atoms. The fraction of sp³-hybridized carbons (Fsp3) is 0.526. The maximum absolute atomic E-state index is 12.2. The monoisotopic (exact) mass is 316 g/mol. The molecule has 124 valence electrons. The molecule has 0 aromatic heterocycles. The molecule has 1 saturated carbocycles. The van der Waals surface area contributed by atoms with E-state index >= 15 is 0 Å². The minimum absolute atomic E-state index is 0.0438. The number of ether oxygens (including phenoxy) is 3. The first-order valence-corrected chi connectivity index (χ1v) is 8.43. The summed E-state index contributed by atoms with van der Waals surface area (Å²) in [5, 5.41) is 0. The van der Waals surface area contributed by atoms with E-state index in [0.717, 1.165) is 31.2 Å². The van der Waals surface area contributed by atoms with Gasteiger partial charge in [-0.3, -0.25) is 4.79 Å². The molecule has 1 heterocycles. The first-order valence-electron chi connectivity index (χ1n) is 8.43. The molecule has 1 aliphatic heterocycles. The second-order valence-corrected chi connectivity index (χ2v) is 6.20. The largest absolute Gasteiger partial charge is 0.461 e. The summed E-state index contributed by atoms with van der Waals surface area (Å²) < 4.78 is 16.2. The lowest BCUT2D eigenvalue weighted by Crippen LogP contribution is -2.23. The zero-order chi connectivity index (χ0) is 15.9. The summed E-state index contributed by atoms with van der Waals surface area (Å²) in [6.45, 7) is 1.72. The van der Waals surface area contributed by atoms with Gasteiger partial charge in [-0.15, -0.1) is 0 Å². The molecule has 1 aromatic carbocycles. The normalized spacial score (nSPS) is 25.7. The molecule has 0 unspecified atom stereocenters. The predicted molar refractivity (Wildman–Crippen MR) is 86.5 cm³/mol. The first-order chi connectivity index (χ1) is 11.3. The molecular formula is C19H24O4. The molecule has 0 N–H and O–H groups in total. The van der Waals surface area contributed by atoms with Crippen LogP contribution >= 0.6 is 0 Å². The van der Waals surface area contributed by atoms with Crippen molar-refractivity contribution in [3.8, 4) is 0 Å². The average Bonchev–Trinajstić information content (AvgIpc) is 3.13. The number of carbonyl (C=O) groups is 1. The molecule has 0 spiro atoms. The Hall–Kier alpha value is -1.65. The third-order valence-electron chi connectivity index (χ3n) is 4.52. The van der Waals surface area contributed by atoms with Crippen LogP contribution in [0.5, 0.6) is 0 Å². The Labute approximate surface area is 137 Å². The minimum Gasteiger partial charge on any atom is -0.461 e. The second-order valence-electron chi connectivity index (χ2n) is 6.20. The van der Waals surface area contributed by atoms with Crippen molar-refractivity contribution in [1.29, 1.82) is 0 Å². The summed E-state index contributed by atoms with van der Waals surface area (Å²) >= 11 is 0. The van der Waals surface area contributed by atoms with Gasteiger partial charge in [0.25, 0.3) is 0 Å². The molecular weight excluding hydrogens is 292 g/mol. The number of benzene rings is 1. The van der Waals surface area contributed by atoms with Gasteiger partial charge < -0.3 is 14.2 Å². The average molecular weight is 316 g/mol. The van der Waals surface area contributed by atoms with Gasteiger partial charge in [0, 0.05) is 0 Å². The van der Waals surface area contributed by atoms with Crippen LogP contribution in [0.25, 0.3) is 0 Å². The molecule has 4 heteroatoms. The van der Waals surface area contributed by atoms with Crippen molar-refractivity contribution in [2.45, 2.75) is 38.6 Å². The first kappa shape index (κ1) is 16.2. The van der Waals surface area contributed by atoms with Crippen LogP contribution in [-0.2, 0) is 25.6 Å². The van der Waals surface area contributed by atoms with E-state index in [2.05, 4.69) is 6.08 Å². The minimum atomic E-state index is -0.177. The Morgan fingerprint density at radius 3 is 2.43 bits per heavy atom. The number of rotatable bonds is 5. The zero-order valence-electron chi connectivity index (χ0n) is 13.4. The van der Waals surface area contributed by atoms with Gasteiger partial charge in [0.15, 0.2) is 6.29 Å². The van der Waals surface area contributed by atoms with Crippen molar-refractivity contribution in [3.05, 3.63) is 48.0 Å². The van der Waals surface area contributed by atoms with Crippen LogP contribution in [0.4, 0.5) is 0 Å². The van der Waals surface area contributed by atoms with Gasteiger partial charge in [-0.05, 0) is 43.2 Å². The smallest absolute Gasteiger partial charge is 0.309 e. The summed E-state index contributed by atoms with van der Waals surface area (Å²) in [4.78, 5) is 12.2. The van der Waals surface area contributed by atoms with E-state index < -0.39 is 0 Å². The van der Waals surface area contributed by atoms with Gasteiger partial charge in [0.1, 0.15) is 6.61 Å². The van der Waals surface area contributed by atoms with E-state index in [4.69, 9.17) is 14.2 Å². The van der Waals surface area contributed by atoms with Crippen LogP contribution in [0, 0.1) is 11.8 Å². The van der Waals surface area contributed by atoms with Crippen molar-refractivity contribution in [2.24, 2.45) is 11.8 Å². The summed E-state index contributed by atoms with van der Waals surface area (Å²) in [5.74, 6) is 0.502. The fourth-order valence-electron chi connectivity index (χ4n) is 3.13. The maximum Gasteiger partial charge on any atom is 0.309 e. The lowest BCUT2D eigenvalue weighted by atomic mass is 9.82. The van der Waals surface area contributed by atoms with E-state index in [1.807, 2.05) is 36.4 Å². The van der Waals surface area contributed by atoms with E-state index in [1.54, 1.807) is 0 Å². The lowest BCUT2D eigenvalue weighted by Gasteiger charge is -2.25. The van der Waals surface area contributed by atoms with Crippen molar-refractivity contribution in [2.75, 3.05) is 13.2 Å². The Balaban J connectivity index is 1.38. The van der Waals surface area contributed by atoms with Crippen LogP contribution in [-0.4, -0.2) is 25.5 Å². The number of esters is 1. The van der Waals surface area contributed by atoms with Gasteiger partial charge in [-0.1, -0.05) is 36.4 Å².